The maximum atomic E-state index is 12.9. The average Bonchev–Trinajstić information content (AvgIpc) is 3.68. The Labute approximate surface area is 251 Å². The van der Waals surface area contributed by atoms with Crippen molar-refractivity contribution in [3.8, 4) is 17.1 Å². The lowest BCUT2D eigenvalue weighted by molar-refractivity contribution is -0.384. The second-order valence-electron chi connectivity index (χ2n) is 9.58. The monoisotopic (exact) mass is 648 g/mol. The maximum Gasteiger partial charge on any atom is 0.314 e. The molecule has 0 radical (unpaired) electrons. The van der Waals surface area contributed by atoms with E-state index in [9.17, 15) is 14.9 Å². The molecule has 0 aliphatic carbocycles. The number of non-ortho nitro benzene ring substituents is 1. The number of hydrazone groups is 1. The second-order valence-corrected chi connectivity index (χ2v) is 11.9. The number of ether oxygens (including phenoxy) is 1. The quantitative estimate of drug-likeness (QED) is 0.176. The molecular formula is C29H18BrClN4O5S. The van der Waals surface area contributed by atoms with Gasteiger partial charge in [-0.1, -0.05) is 39.7 Å². The summed E-state index contributed by atoms with van der Waals surface area (Å²) in [6, 6.07) is 22.7. The first kappa shape index (κ1) is 25.9. The number of halogens is 2. The maximum absolute atomic E-state index is 12.9. The molecule has 3 aliphatic rings. The third kappa shape index (κ3) is 4.50. The van der Waals surface area contributed by atoms with Gasteiger partial charge in [0.05, 0.1) is 21.6 Å². The highest BCUT2D eigenvalue weighted by molar-refractivity contribution is 9.10. The van der Waals surface area contributed by atoms with Gasteiger partial charge in [0.2, 0.25) is 0 Å². The molecule has 7 rings (SSSR count). The molecule has 12 heteroatoms. The molecule has 4 aromatic rings. The Morgan fingerprint density at radius 3 is 2.61 bits per heavy atom. The molecular weight excluding hydrogens is 632 g/mol. The molecule has 1 amide bonds. The van der Waals surface area contributed by atoms with Gasteiger partial charge < -0.3 is 9.15 Å². The molecule has 4 heterocycles. The highest BCUT2D eigenvalue weighted by atomic mass is 79.9. The molecule has 204 valence electrons. The van der Waals surface area contributed by atoms with Gasteiger partial charge in [-0.2, -0.15) is 5.10 Å². The van der Waals surface area contributed by atoms with Crippen molar-refractivity contribution < 1.29 is 18.9 Å². The number of nitrogens with one attached hydrogen (secondary N) is 1. The van der Waals surface area contributed by atoms with Crippen LogP contribution in [0.1, 0.15) is 29.3 Å². The minimum Gasteiger partial charge on any atom is -0.457 e. The number of nitro benzene ring substituents is 1. The lowest BCUT2D eigenvalue weighted by Crippen LogP contribution is -2.61. The Bertz CT molecular complexity index is 1790. The van der Waals surface area contributed by atoms with Gasteiger partial charge in [-0.3, -0.25) is 20.2 Å². The van der Waals surface area contributed by atoms with Crippen LogP contribution in [0.15, 0.2) is 97.8 Å². The van der Waals surface area contributed by atoms with Gasteiger partial charge in [0, 0.05) is 39.2 Å². The van der Waals surface area contributed by atoms with E-state index in [4.69, 9.17) is 25.9 Å². The summed E-state index contributed by atoms with van der Waals surface area (Å²) in [7, 11) is 0. The fraction of sp³-hybridized carbons (Fsp3) is 0.103. The van der Waals surface area contributed by atoms with Crippen LogP contribution in [0.4, 0.5) is 10.5 Å². The van der Waals surface area contributed by atoms with Crippen molar-refractivity contribution >= 4 is 62.0 Å². The van der Waals surface area contributed by atoms with Crippen LogP contribution in [0.5, 0.6) is 5.75 Å². The van der Waals surface area contributed by atoms with Gasteiger partial charge in [-0.05, 0) is 78.0 Å². The molecule has 3 aliphatic heterocycles. The number of amides is 1. The number of rotatable bonds is 4. The van der Waals surface area contributed by atoms with Crippen LogP contribution in [-0.2, 0) is 0 Å². The molecule has 0 saturated carbocycles. The SMILES string of the molecule is O=C1NC2(Oc3ccc(Br)cc3C3CC(c4ccc(Cl)cc4)=NN32)C(=Cc2ccc(-c3ccc([N+](=O)[O-])cc3)o2)S1. The first-order valence-electron chi connectivity index (χ1n) is 12.5. The molecule has 2 atom stereocenters. The number of nitro groups is 1. The van der Waals surface area contributed by atoms with Gasteiger partial charge in [0.15, 0.2) is 0 Å². The minimum absolute atomic E-state index is 0.00279. The Kier molecular flexibility index (Phi) is 6.18. The van der Waals surface area contributed by atoms with Gasteiger partial charge >= 0.3 is 5.85 Å². The number of nitrogens with zero attached hydrogens (tertiary/aromatic N) is 3. The van der Waals surface area contributed by atoms with E-state index in [0.29, 0.717) is 39.2 Å². The van der Waals surface area contributed by atoms with Crippen molar-refractivity contribution in [3.05, 3.63) is 120 Å². The molecule has 9 nitrogen and oxygen atoms in total. The Morgan fingerprint density at radius 1 is 1.10 bits per heavy atom. The number of thioether (sulfide) groups is 1. The number of carbonyl (C=O) groups excluding carboxylic acids is 1. The fourth-order valence-corrected chi connectivity index (χ4v) is 6.56. The van der Waals surface area contributed by atoms with Gasteiger partial charge in [0.25, 0.3) is 10.9 Å². The van der Waals surface area contributed by atoms with Crippen molar-refractivity contribution in [3.63, 3.8) is 0 Å². The number of hydrogen-bond acceptors (Lipinski definition) is 8. The summed E-state index contributed by atoms with van der Waals surface area (Å²) >= 11 is 10.7. The highest BCUT2D eigenvalue weighted by Gasteiger charge is 2.58. The van der Waals surface area contributed by atoms with Crippen molar-refractivity contribution in [2.75, 3.05) is 0 Å². The fourth-order valence-electron chi connectivity index (χ4n) is 5.17. The Balaban J connectivity index is 1.30. The van der Waals surface area contributed by atoms with E-state index in [-0.39, 0.29) is 17.0 Å². The lowest BCUT2D eigenvalue weighted by atomic mass is 9.96. The minimum atomic E-state index is -1.39. The van der Waals surface area contributed by atoms with E-state index in [1.54, 1.807) is 30.3 Å². The van der Waals surface area contributed by atoms with Crippen molar-refractivity contribution in [2.24, 2.45) is 5.10 Å². The third-order valence-corrected chi connectivity index (χ3v) is 8.72. The number of carbonyl (C=O) groups is 1. The van der Waals surface area contributed by atoms with Crippen LogP contribution in [0.3, 0.4) is 0 Å². The number of fused-ring (bicyclic) bond motifs is 4. The molecule has 0 bridgehead atoms. The van der Waals surface area contributed by atoms with Crippen LogP contribution in [0, 0.1) is 10.1 Å². The first-order chi connectivity index (χ1) is 19.8. The topological polar surface area (TPSA) is 110 Å². The summed E-state index contributed by atoms with van der Waals surface area (Å²) in [6.07, 6.45) is 2.35. The first-order valence-corrected chi connectivity index (χ1v) is 14.5. The van der Waals surface area contributed by atoms with E-state index in [2.05, 4.69) is 21.2 Å². The van der Waals surface area contributed by atoms with E-state index in [1.165, 1.54) is 12.1 Å². The molecule has 1 N–H and O–H groups in total. The normalized spacial score (nSPS) is 21.9. The zero-order chi connectivity index (χ0) is 28.3. The molecule has 2 unspecified atom stereocenters. The van der Waals surface area contributed by atoms with E-state index in [0.717, 1.165) is 33.1 Å². The highest BCUT2D eigenvalue weighted by Crippen LogP contribution is 2.53. The smallest absolute Gasteiger partial charge is 0.314 e. The van der Waals surface area contributed by atoms with Crippen molar-refractivity contribution in [2.45, 2.75) is 18.3 Å². The number of benzene rings is 3. The zero-order valence-corrected chi connectivity index (χ0v) is 24.1. The van der Waals surface area contributed by atoms with Crippen molar-refractivity contribution in [1.29, 1.82) is 0 Å². The summed E-state index contributed by atoms with van der Waals surface area (Å²) in [5, 5.41) is 21.2. The van der Waals surface area contributed by atoms with Crippen LogP contribution in [0.2, 0.25) is 5.02 Å². The average molecular weight is 650 g/mol. The molecule has 3 aromatic carbocycles. The zero-order valence-electron chi connectivity index (χ0n) is 20.9. The summed E-state index contributed by atoms with van der Waals surface area (Å²) in [4.78, 5) is 24.0. The largest absolute Gasteiger partial charge is 0.457 e. The number of furan rings is 1. The summed E-state index contributed by atoms with van der Waals surface area (Å²) in [6.45, 7) is 0. The van der Waals surface area contributed by atoms with Crippen molar-refractivity contribution in [1.82, 2.24) is 10.3 Å². The molecule has 1 saturated heterocycles. The summed E-state index contributed by atoms with van der Waals surface area (Å²) in [5.41, 5.74) is 3.40. The van der Waals surface area contributed by atoms with Crippen LogP contribution in [-0.4, -0.2) is 26.7 Å². The van der Waals surface area contributed by atoms with E-state index < -0.39 is 10.8 Å². The van der Waals surface area contributed by atoms with Gasteiger partial charge in [-0.15, -0.1) is 0 Å². The van der Waals surface area contributed by atoms with Gasteiger partial charge in [0.1, 0.15) is 17.3 Å². The number of hydrogen-bond donors (Lipinski definition) is 1. The van der Waals surface area contributed by atoms with Gasteiger partial charge in [-0.25, -0.2) is 5.01 Å². The predicted octanol–water partition coefficient (Wildman–Crippen LogP) is 7.97. The van der Waals surface area contributed by atoms with Crippen LogP contribution in [0.25, 0.3) is 17.4 Å². The van der Waals surface area contributed by atoms with E-state index >= 15 is 0 Å². The lowest BCUT2D eigenvalue weighted by Gasteiger charge is -2.45. The Morgan fingerprint density at radius 2 is 1.85 bits per heavy atom. The van der Waals surface area contributed by atoms with Crippen LogP contribution < -0.4 is 10.1 Å². The molecule has 41 heavy (non-hydrogen) atoms. The molecule has 1 aromatic heterocycles. The second kappa shape index (κ2) is 9.79. The van der Waals surface area contributed by atoms with Crippen LogP contribution >= 0.6 is 39.3 Å². The summed E-state index contributed by atoms with van der Waals surface area (Å²) in [5.74, 6) is 0.271. The Hall–Kier alpha value is -4.06. The third-order valence-electron chi connectivity index (χ3n) is 7.07. The summed E-state index contributed by atoms with van der Waals surface area (Å²) < 4.78 is 13.6. The standard InChI is InChI=1S/C29H18BrClN4O5S/c30-18-5-11-26-22(13-18)24-15-23(16-1-6-19(31)7-2-16)33-34(24)29(40-26)27(41-28(36)32-29)14-21-10-12-25(39-21)17-3-8-20(9-4-17)35(37)38/h1-14,24H,15H2,(H,32,36). The van der Waals surface area contributed by atoms with E-state index in [1.807, 2.05) is 47.5 Å². The molecule has 1 spiro atoms. The predicted molar refractivity (Wildman–Crippen MR) is 160 cm³/mol. The molecule has 1 fully saturated rings.